The third kappa shape index (κ3) is 8.53. The number of amides is 1. The largest absolute Gasteiger partial charge is 0.481 e. The Morgan fingerprint density at radius 1 is 1.20 bits per heavy atom. The van der Waals surface area contributed by atoms with Gasteiger partial charge in [0, 0.05) is 31.3 Å². The van der Waals surface area contributed by atoms with Gasteiger partial charge in [0.25, 0.3) is 0 Å². The zero-order chi connectivity index (χ0) is 14.6. The van der Waals surface area contributed by atoms with Crippen LogP contribution >= 0.6 is 11.8 Å². The van der Waals surface area contributed by atoms with Crippen LogP contribution in [0, 0.1) is 0 Å². The molecule has 0 fully saturated rings. The van der Waals surface area contributed by atoms with Crippen molar-refractivity contribution in [2.24, 2.45) is 0 Å². The van der Waals surface area contributed by atoms with Crippen LogP contribution in [0.15, 0.2) is 29.4 Å². The van der Waals surface area contributed by atoms with E-state index in [1.807, 2.05) is 18.2 Å². The lowest BCUT2D eigenvalue weighted by Gasteiger charge is -2.04. The molecule has 20 heavy (non-hydrogen) atoms. The molecule has 2 N–H and O–H groups in total. The summed E-state index contributed by atoms with van der Waals surface area (Å²) in [6.07, 6.45) is 4.73. The second-order valence-electron chi connectivity index (χ2n) is 4.32. The summed E-state index contributed by atoms with van der Waals surface area (Å²) in [6.45, 7) is 0.618. The van der Waals surface area contributed by atoms with E-state index in [-0.39, 0.29) is 12.3 Å². The fourth-order valence-electron chi connectivity index (χ4n) is 1.57. The van der Waals surface area contributed by atoms with Crippen molar-refractivity contribution in [2.45, 2.75) is 37.1 Å². The SMILES string of the molecule is O=C(O)CCCCCNC(=O)CCSc1ccccn1. The number of hydrogen-bond acceptors (Lipinski definition) is 4. The number of carbonyl (C=O) groups excluding carboxylic acids is 1. The minimum absolute atomic E-state index is 0.0339. The number of rotatable bonds is 10. The first-order valence-electron chi connectivity index (χ1n) is 6.71. The van der Waals surface area contributed by atoms with Crippen molar-refractivity contribution in [3.8, 4) is 0 Å². The summed E-state index contributed by atoms with van der Waals surface area (Å²) in [5.74, 6) is -0.0192. The molecule has 0 aliphatic rings. The van der Waals surface area contributed by atoms with E-state index >= 15 is 0 Å². The maximum absolute atomic E-state index is 11.5. The molecule has 5 nitrogen and oxygen atoms in total. The highest BCUT2D eigenvalue weighted by Crippen LogP contribution is 2.14. The van der Waals surface area contributed by atoms with Crippen molar-refractivity contribution in [2.75, 3.05) is 12.3 Å². The molecule has 0 aliphatic heterocycles. The van der Waals surface area contributed by atoms with Gasteiger partial charge in [-0.2, -0.15) is 0 Å². The molecular weight excluding hydrogens is 276 g/mol. The molecule has 0 unspecified atom stereocenters. The first-order valence-corrected chi connectivity index (χ1v) is 7.69. The summed E-state index contributed by atoms with van der Waals surface area (Å²) in [7, 11) is 0. The Hall–Kier alpha value is -1.56. The lowest BCUT2D eigenvalue weighted by atomic mass is 10.2. The van der Waals surface area contributed by atoms with E-state index in [2.05, 4.69) is 10.3 Å². The van der Waals surface area contributed by atoms with Gasteiger partial charge in [-0.15, -0.1) is 11.8 Å². The molecule has 0 aromatic carbocycles. The van der Waals surface area contributed by atoms with Gasteiger partial charge in [0.2, 0.25) is 5.91 Å². The number of carboxylic acid groups (broad SMARTS) is 1. The minimum Gasteiger partial charge on any atom is -0.481 e. The number of thioether (sulfide) groups is 1. The van der Waals surface area contributed by atoms with Crippen molar-refractivity contribution in [1.82, 2.24) is 10.3 Å². The third-order valence-electron chi connectivity index (χ3n) is 2.61. The number of nitrogens with one attached hydrogen (secondary N) is 1. The Morgan fingerprint density at radius 3 is 2.75 bits per heavy atom. The van der Waals surface area contributed by atoms with Crippen LogP contribution in [-0.4, -0.2) is 34.3 Å². The number of carboxylic acids is 1. The highest BCUT2D eigenvalue weighted by molar-refractivity contribution is 7.99. The molecule has 0 spiro atoms. The van der Waals surface area contributed by atoms with Gasteiger partial charge in [-0.1, -0.05) is 12.5 Å². The van der Waals surface area contributed by atoms with E-state index in [0.29, 0.717) is 25.1 Å². The first-order chi connectivity index (χ1) is 9.68. The van der Waals surface area contributed by atoms with E-state index in [4.69, 9.17) is 5.11 Å². The van der Waals surface area contributed by atoms with Gasteiger partial charge < -0.3 is 10.4 Å². The van der Waals surface area contributed by atoms with Crippen LogP contribution < -0.4 is 5.32 Å². The van der Waals surface area contributed by atoms with E-state index in [0.717, 1.165) is 17.9 Å². The molecule has 0 bridgehead atoms. The van der Waals surface area contributed by atoms with Crippen LogP contribution in [0.2, 0.25) is 0 Å². The van der Waals surface area contributed by atoms with Crippen LogP contribution in [0.1, 0.15) is 32.1 Å². The quantitative estimate of drug-likeness (QED) is 0.512. The third-order valence-corrected chi connectivity index (χ3v) is 3.55. The molecule has 6 heteroatoms. The molecule has 0 saturated carbocycles. The van der Waals surface area contributed by atoms with Crippen molar-refractivity contribution in [3.63, 3.8) is 0 Å². The normalized spacial score (nSPS) is 10.2. The zero-order valence-electron chi connectivity index (χ0n) is 11.4. The molecule has 0 saturated heterocycles. The van der Waals surface area contributed by atoms with Gasteiger partial charge in [-0.25, -0.2) is 4.98 Å². The van der Waals surface area contributed by atoms with Crippen molar-refractivity contribution >= 4 is 23.6 Å². The number of pyridine rings is 1. The number of nitrogens with zero attached hydrogens (tertiary/aromatic N) is 1. The van der Waals surface area contributed by atoms with E-state index in [1.54, 1.807) is 18.0 Å². The van der Waals surface area contributed by atoms with E-state index in [9.17, 15) is 9.59 Å². The number of hydrogen-bond donors (Lipinski definition) is 2. The average molecular weight is 296 g/mol. The second kappa shape index (κ2) is 10.3. The Morgan fingerprint density at radius 2 is 2.05 bits per heavy atom. The number of aromatic nitrogens is 1. The van der Waals surface area contributed by atoms with Crippen LogP contribution in [0.4, 0.5) is 0 Å². The van der Waals surface area contributed by atoms with Gasteiger partial charge in [0.1, 0.15) is 0 Å². The van der Waals surface area contributed by atoms with Gasteiger partial charge >= 0.3 is 5.97 Å². The Bertz CT molecular complexity index is 412. The van der Waals surface area contributed by atoms with Crippen molar-refractivity contribution < 1.29 is 14.7 Å². The highest BCUT2D eigenvalue weighted by Gasteiger charge is 2.02. The fraction of sp³-hybridized carbons (Fsp3) is 0.500. The van der Waals surface area contributed by atoms with Crippen LogP contribution in [0.3, 0.4) is 0 Å². The van der Waals surface area contributed by atoms with Gasteiger partial charge in [-0.05, 0) is 25.0 Å². The van der Waals surface area contributed by atoms with E-state index < -0.39 is 5.97 Å². The van der Waals surface area contributed by atoms with Crippen LogP contribution in [0.25, 0.3) is 0 Å². The Balaban J connectivity index is 1.97. The molecule has 1 rings (SSSR count). The maximum atomic E-state index is 11.5. The predicted molar refractivity (Wildman–Crippen MR) is 78.7 cm³/mol. The zero-order valence-corrected chi connectivity index (χ0v) is 12.2. The summed E-state index contributed by atoms with van der Waals surface area (Å²) in [6, 6.07) is 5.71. The monoisotopic (exact) mass is 296 g/mol. The standard InChI is InChI=1S/C14H20N2O3S/c17-12(15-9-4-1-2-7-14(18)19)8-11-20-13-6-3-5-10-16-13/h3,5-6,10H,1-2,4,7-9,11H2,(H,15,17)(H,18,19). The summed E-state index contributed by atoms with van der Waals surface area (Å²) in [5.41, 5.74) is 0. The molecule has 1 heterocycles. The topological polar surface area (TPSA) is 79.3 Å². The Labute approximate surface area is 123 Å². The molecular formula is C14H20N2O3S. The van der Waals surface area contributed by atoms with Crippen LogP contribution in [-0.2, 0) is 9.59 Å². The maximum Gasteiger partial charge on any atom is 0.303 e. The lowest BCUT2D eigenvalue weighted by molar-refractivity contribution is -0.137. The molecule has 0 aliphatic carbocycles. The number of unbranched alkanes of at least 4 members (excludes halogenated alkanes) is 2. The first kappa shape index (κ1) is 16.5. The number of aliphatic carboxylic acids is 1. The molecule has 110 valence electrons. The molecule has 1 amide bonds. The Kier molecular flexibility index (Phi) is 8.46. The molecule has 0 radical (unpaired) electrons. The smallest absolute Gasteiger partial charge is 0.303 e. The van der Waals surface area contributed by atoms with Crippen LogP contribution in [0.5, 0.6) is 0 Å². The second-order valence-corrected chi connectivity index (χ2v) is 5.44. The predicted octanol–water partition coefficient (Wildman–Crippen LogP) is 2.33. The highest BCUT2D eigenvalue weighted by atomic mass is 32.2. The summed E-state index contributed by atoms with van der Waals surface area (Å²) in [5, 5.41) is 12.2. The summed E-state index contributed by atoms with van der Waals surface area (Å²) >= 11 is 1.56. The van der Waals surface area contributed by atoms with Gasteiger partial charge in [-0.3, -0.25) is 9.59 Å². The van der Waals surface area contributed by atoms with Gasteiger partial charge in [0.05, 0.1) is 5.03 Å². The van der Waals surface area contributed by atoms with Crippen molar-refractivity contribution in [1.29, 1.82) is 0 Å². The molecule has 1 aromatic rings. The molecule has 0 atom stereocenters. The minimum atomic E-state index is -0.763. The van der Waals surface area contributed by atoms with Crippen molar-refractivity contribution in [3.05, 3.63) is 24.4 Å². The lowest BCUT2D eigenvalue weighted by Crippen LogP contribution is -2.24. The fourth-order valence-corrected chi connectivity index (χ4v) is 2.38. The summed E-state index contributed by atoms with van der Waals surface area (Å²) in [4.78, 5) is 26.0. The van der Waals surface area contributed by atoms with Gasteiger partial charge in [0.15, 0.2) is 0 Å². The summed E-state index contributed by atoms with van der Waals surface area (Å²) < 4.78 is 0. The van der Waals surface area contributed by atoms with E-state index in [1.165, 1.54) is 0 Å². The average Bonchev–Trinajstić information content (AvgIpc) is 2.43. The number of carbonyl (C=O) groups is 2. The molecule has 1 aromatic heterocycles.